The molecular formula is C60H36N4. The molecule has 4 heteroatoms. The first-order chi connectivity index (χ1) is 31.7. The van der Waals surface area contributed by atoms with Crippen LogP contribution in [0.4, 0.5) is 0 Å². The second kappa shape index (κ2) is 14.5. The van der Waals surface area contributed by atoms with Gasteiger partial charge in [0.2, 0.25) is 0 Å². The van der Waals surface area contributed by atoms with Crippen molar-refractivity contribution in [3.8, 4) is 67.7 Å². The van der Waals surface area contributed by atoms with Gasteiger partial charge in [-0.15, -0.1) is 0 Å². The van der Waals surface area contributed by atoms with E-state index >= 15 is 0 Å². The molecule has 0 amide bonds. The van der Waals surface area contributed by atoms with Gasteiger partial charge in [0.25, 0.3) is 0 Å². The van der Waals surface area contributed by atoms with Crippen molar-refractivity contribution in [3.05, 3.63) is 218 Å². The van der Waals surface area contributed by atoms with E-state index in [9.17, 15) is 0 Å². The molecular weight excluding hydrogens is 777 g/mol. The monoisotopic (exact) mass is 812 g/mol. The Kier molecular flexibility index (Phi) is 8.18. The Balaban J connectivity index is 1.09. The van der Waals surface area contributed by atoms with Crippen molar-refractivity contribution >= 4 is 64.8 Å². The van der Waals surface area contributed by atoms with E-state index in [2.05, 4.69) is 182 Å². The van der Waals surface area contributed by atoms with E-state index < -0.39 is 0 Å². The van der Waals surface area contributed by atoms with Gasteiger partial charge in [-0.3, -0.25) is 0 Å². The summed E-state index contributed by atoms with van der Waals surface area (Å²) in [5.41, 5.74) is 10.3. The number of pyridine rings is 1. The molecule has 0 aliphatic rings. The molecule has 0 N–H and O–H groups in total. The van der Waals surface area contributed by atoms with Gasteiger partial charge in [0, 0.05) is 33.0 Å². The first-order valence-electron chi connectivity index (χ1n) is 21.7. The molecule has 0 aliphatic heterocycles. The third-order valence-electron chi connectivity index (χ3n) is 12.8. The lowest BCUT2D eigenvalue weighted by Crippen LogP contribution is -2.00. The minimum atomic E-state index is 0.612. The van der Waals surface area contributed by atoms with Gasteiger partial charge in [0.15, 0.2) is 17.5 Å². The Morgan fingerprint density at radius 3 is 1.44 bits per heavy atom. The fraction of sp³-hybridized carbons (Fsp3) is 0. The molecule has 0 spiro atoms. The molecule has 0 bridgehead atoms. The van der Waals surface area contributed by atoms with Crippen molar-refractivity contribution in [2.24, 2.45) is 0 Å². The minimum absolute atomic E-state index is 0.612. The summed E-state index contributed by atoms with van der Waals surface area (Å²) in [6.45, 7) is 0. The average Bonchev–Trinajstić information content (AvgIpc) is 3.37. The first kappa shape index (κ1) is 36.1. The minimum Gasteiger partial charge on any atom is -0.247 e. The lowest BCUT2D eigenvalue weighted by Gasteiger charge is -2.18. The SMILES string of the molecule is c1ccc(-c2nc(-c3ccccc3)nc(-c3cc(-c4cccc5c(-c6nc7ccccc7c7ccccc67)cccc45)cc(-c4cc5cccc6ccc7cccc4c7c65)c3)n2)cc1. The Bertz CT molecular complexity index is 3900. The fourth-order valence-corrected chi connectivity index (χ4v) is 9.88. The third kappa shape index (κ3) is 5.84. The molecule has 0 fully saturated rings. The summed E-state index contributed by atoms with van der Waals surface area (Å²) < 4.78 is 0. The molecule has 13 aromatic rings. The second-order valence-corrected chi connectivity index (χ2v) is 16.5. The van der Waals surface area contributed by atoms with Gasteiger partial charge >= 0.3 is 0 Å². The Labute approximate surface area is 369 Å². The summed E-state index contributed by atoms with van der Waals surface area (Å²) in [7, 11) is 0. The molecule has 0 saturated carbocycles. The molecule has 2 heterocycles. The number of hydrogen-bond donors (Lipinski definition) is 0. The number of rotatable bonds is 6. The Morgan fingerprint density at radius 1 is 0.234 bits per heavy atom. The van der Waals surface area contributed by atoms with Crippen LogP contribution in [0.2, 0.25) is 0 Å². The normalized spacial score (nSPS) is 11.8. The van der Waals surface area contributed by atoms with Crippen LogP contribution in [-0.2, 0) is 0 Å². The fourth-order valence-electron chi connectivity index (χ4n) is 9.88. The summed E-state index contributed by atoms with van der Waals surface area (Å²) in [4.78, 5) is 20.9. The van der Waals surface area contributed by atoms with Gasteiger partial charge in [-0.05, 0) is 101 Å². The molecule has 0 aliphatic carbocycles. The van der Waals surface area contributed by atoms with Crippen molar-refractivity contribution in [1.82, 2.24) is 19.9 Å². The van der Waals surface area contributed by atoms with Crippen LogP contribution in [0, 0.1) is 0 Å². The van der Waals surface area contributed by atoms with E-state index in [4.69, 9.17) is 19.9 Å². The highest BCUT2D eigenvalue weighted by molar-refractivity contribution is 6.26. The Hall–Kier alpha value is -8.60. The predicted octanol–water partition coefficient (Wildman–Crippen LogP) is 15.6. The van der Waals surface area contributed by atoms with Gasteiger partial charge in [-0.2, -0.15) is 0 Å². The number of aromatic nitrogens is 4. The maximum Gasteiger partial charge on any atom is 0.164 e. The van der Waals surface area contributed by atoms with Gasteiger partial charge in [0.05, 0.1) is 11.2 Å². The molecule has 4 nitrogen and oxygen atoms in total. The highest BCUT2D eigenvalue weighted by Gasteiger charge is 2.20. The van der Waals surface area contributed by atoms with Crippen LogP contribution in [0.5, 0.6) is 0 Å². The number of nitrogens with zero attached hydrogens (tertiary/aromatic N) is 4. The Morgan fingerprint density at radius 2 is 0.719 bits per heavy atom. The van der Waals surface area contributed by atoms with E-state index in [1.54, 1.807) is 0 Å². The van der Waals surface area contributed by atoms with E-state index in [1.807, 2.05) is 36.4 Å². The first-order valence-corrected chi connectivity index (χ1v) is 21.7. The molecule has 13 rings (SSSR count). The summed E-state index contributed by atoms with van der Waals surface area (Å²) in [6.07, 6.45) is 0. The summed E-state index contributed by atoms with van der Waals surface area (Å²) in [6, 6.07) is 77.7. The van der Waals surface area contributed by atoms with Gasteiger partial charge in [0.1, 0.15) is 0 Å². The maximum atomic E-state index is 5.34. The number of benzene rings is 11. The molecule has 0 atom stereocenters. The van der Waals surface area contributed by atoms with Crippen molar-refractivity contribution in [2.45, 2.75) is 0 Å². The molecule has 11 aromatic carbocycles. The van der Waals surface area contributed by atoms with E-state index in [0.717, 1.165) is 77.3 Å². The molecule has 0 radical (unpaired) electrons. The lowest BCUT2D eigenvalue weighted by molar-refractivity contribution is 1.07. The van der Waals surface area contributed by atoms with Crippen LogP contribution < -0.4 is 0 Å². The van der Waals surface area contributed by atoms with E-state index in [1.165, 1.54) is 37.7 Å². The van der Waals surface area contributed by atoms with Crippen molar-refractivity contribution in [2.75, 3.05) is 0 Å². The largest absolute Gasteiger partial charge is 0.247 e. The van der Waals surface area contributed by atoms with Gasteiger partial charge in [-0.1, -0.05) is 188 Å². The summed E-state index contributed by atoms with van der Waals surface area (Å²) in [5.74, 6) is 1.87. The highest BCUT2D eigenvalue weighted by atomic mass is 15.0. The van der Waals surface area contributed by atoms with Crippen molar-refractivity contribution in [1.29, 1.82) is 0 Å². The third-order valence-corrected chi connectivity index (χ3v) is 12.8. The smallest absolute Gasteiger partial charge is 0.164 e. The molecule has 64 heavy (non-hydrogen) atoms. The quantitative estimate of drug-likeness (QED) is 0.157. The zero-order chi connectivity index (χ0) is 42.1. The predicted molar refractivity (Wildman–Crippen MR) is 266 cm³/mol. The average molecular weight is 813 g/mol. The number of hydrogen-bond acceptors (Lipinski definition) is 4. The zero-order valence-corrected chi connectivity index (χ0v) is 34.6. The second-order valence-electron chi connectivity index (χ2n) is 16.5. The van der Waals surface area contributed by atoms with Crippen molar-refractivity contribution in [3.63, 3.8) is 0 Å². The van der Waals surface area contributed by atoms with Crippen LogP contribution >= 0.6 is 0 Å². The van der Waals surface area contributed by atoms with Crippen LogP contribution in [-0.4, -0.2) is 19.9 Å². The van der Waals surface area contributed by atoms with Crippen LogP contribution in [0.15, 0.2) is 218 Å². The topological polar surface area (TPSA) is 51.6 Å². The van der Waals surface area contributed by atoms with E-state index in [-0.39, 0.29) is 0 Å². The number of para-hydroxylation sites is 1. The van der Waals surface area contributed by atoms with Crippen LogP contribution in [0.25, 0.3) is 132 Å². The molecule has 296 valence electrons. The molecule has 0 unspecified atom stereocenters. The summed E-state index contributed by atoms with van der Waals surface area (Å²) in [5, 5.41) is 13.2. The van der Waals surface area contributed by atoms with Crippen LogP contribution in [0.3, 0.4) is 0 Å². The summed E-state index contributed by atoms with van der Waals surface area (Å²) >= 11 is 0. The standard InChI is InChI=1S/C60H36N4/c1-3-15-39(16-4-1)58-62-59(40-17-5-2-6-18-40)64-60(63-58)44-34-42(33-43(35-44)53-36-41-21-11-19-37-31-32-38-20-12-28-50(53)56(38)55(37)41)45-25-13-27-47-46(45)26-14-29-52(47)57-51-24-8-7-22-48(51)49-23-9-10-30-54(49)61-57/h1-36H. The van der Waals surface area contributed by atoms with Crippen molar-refractivity contribution < 1.29 is 0 Å². The zero-order valence-electron chi connectivity index (χ0n) is 34.6. The molecule has 2 aromatic heterocycles. The van der Waals surface area contributed by atoms with Gasteiger partial charge < -0.3 is 0 Å². The molecule has 0 saturated heterocycles. The lowest BCUT2D eigenvalue weighted by atomic mass is 9.87. The van der Waals surface area contributed by atoms with E-state index in [0.29, 0.717) is 17.5 Å². The van der Waals surface area contributed by atoms with Gasteiger partial charge in [-0.25, -0.2) is 19.9 Å². The highest BCUT2D eigenvalue weighted by Crippen LogP contribution is 2.44. The number of fused-ring (bicyclic) bond motifs is 4. The van der Waals surface area contributed by atoms with Crippen LogP contribution in [0.1, 0.15) is 0 Å². The maximum absolute atomic E-state index is 5.34.